The van der Waals surface area contributed by atoms with Gasteiger partial charge in [0.25, 0.3) is 11.5 Å². The van der Waals surface area contributed by atoms with Crippen LogP contribution in [0.5, 0.6) is 0 Å². The summed E-state index contributed by atoms with van der Waals surface area (Å²) < 4.78 is 0. The third-order valence-corrected chi connectivity index (χ3v) is 8.20. The van der Waals surface area contributed by atoms with Crippen LogP contribution in [0.2, 0.25) is 20.1 Å². The highest BCUT2D eigenvalue weighted by Gasteiger charge is 2.17. The number of hydrogen-bond donors (Lipinski definition) is 5. The lowest BCUT2D eigenvalue weighted by Crippen LogP contribution is -2.19. The minimum absolute atomic E-state index is 0.0385. The number of fused-ring (bicyclic) bond motifs is 1. The van der Waals surface area contributed by atoms with E-state index in [2.05, 4.69) is 40.5 Å². The highest BCUT2D eigenvalue weighted by molar-refractivity contribution is 7.98. The molecular weight excluding hydrogens is 702 g/mol. The Labute approximate surface area is 285 Å². The molecule has 0 saturated carbocycles. The number of benzene rings is 2. The van der Waals surface area contributed by atoms with Gasteiger partial charge >= 0.3 is 0 Å². The molecular formula is C27H24Cl4N10O2S2. The van der Waals surface area contributed by atoms with Crippen molar-refractivity contribution in [3.05, 3.63) is 89.9 Å². The first-order valence-electron chi connectivity index (χ1n) is 12.7. The topological polar surface area (TPSA) is 190 Å². The van der Waals surface area contributed by atoms with Gasteiger partial charge in [0.2, 0.25) is 0 Å². The fourth-order valence-electron chi connectivity index (χ4n) is 3.78. The van der Waals surface area contributed by atoms with Crippen LogP contribution in [0, 0.1) is 0 Å². The van der Waals surface area contributed by atoms with Gasteiger partial charge in [-0.15, -0.1) is 0 Å². The van der Waals surface area contributed by atoms with E-state index in [-0.39, 0.29) is 22.8 Å². The van der Waals surface area contributed by atoms with Crippen LogP contribution >= 0.6 is 69.9 Å². The zero-order chi connectivity index (χ0) is 32.7. The highest BCUT2D eigenvalue weighted by Crippen LogP contribution is 2.26. The number of nitrogens with zero attached hydrogens (tertiary/aromatic N) is 5. The number of nitrogens with one attached hydrogen (secondary N) is 3. The third-order valence-electron chi connectivity index (χ3n) is 5.93. The average molecular weight is 727 g/mol. The smallest absolute Gasteiger partial charge is 0.263 e. The fraction of sp³-hybridized carbons (Fsp3) is 0.148. The third kappa shape index (κ3) is 8.81. The summed E-state index contributed by atoms with van der Waals surface area (Å²) in [4.78, 5) is 47.0. The average Bonchev–Trinajstić information content (AvgIpc) is 2.99. The van der Waals surface area contributed by atoms with E-state index < -0.39 is 5.91 Å². The van der Waals surface area contributed by atoms with Crippen molar-refractivity contribution in [2.75, 3.05) is 28.9 Å². The Balaban J connectivity index is 0.000000205. The van der Waals surface area contributed by atoms with Crippen molar-refractivity contribution in [1.82, 2.24) is 29.9 Å². The zero-order valence-electron chi connectivity index (χ0n) is 23.5. The maximum absolute atomic E-state index is 12.1. The second-order valence-electron chi connectivity index (χ2n) is 8.85. The Morgan fingerprint density at radius 3 is 1.91 bits per heavy atom. The number of H-pyrrole nitrogens is 1. The molecule has 2 aromatic carbocycles. The molecule has 0 fully saturated rings. The number of amides is 1. The van der Waals surface area contributed by atoms with Crippen LogP contribution in [0.4, 0.5) is 17.5 Å². The number of aromatic amines is 1. The van der Waals surface area contributed by atoms with Crippen LogP contribution in [0.1, 0.15) is 21.5 Å². The molecule has 0 aliphatic rings. The molecule has 234 valence electrons. The van der Waals surface area contributed by atoms with Crippen molar-refractivity contribution in [2.24, 2.45) is 5.73 Å². The number of carbonyl (C=O) groups excluding carboxylic acids is 1. The van der Waals surface area contributed by atoms with E-state index in [0.29, 0.717) is 60.3 Å². The number of anilines is 3. The van der Waals surface area contributed by atoms with Crippen molar-refractivity contribution in [3.8, 4) is 0 Å². The van der Waals surface area contributed by atoms with E-state index in [9.17, 15) is 9.59 Å². The maximum Gasteiger partial charge on any atom is 0.263 e. The summed E-state index contributed by atoms with van der Waals surface area (Å²) in [5, 5.41) is 9.58. The standard InChI is InChI=1S/C14H11Cl2N5OS.C13H13Cl2N5OS/c1-23-14-20-11(10-12(21-14)18-6-19-13(10)22)17-5-7-2-3-8(15)4-9(7)16;1-22-13-19-10(16)9(11(17)21)12(20-13)18-5-6-2-3-7(14)4-8(6)15/h2-4,6H,5H2,1H3,(H2,17,18,19,20,21,22);2-4H,5H2,1H3,(H2,17,21)(H3,16,18,19,20). The molecule has 0 saturated heterocycles. The van der Waals surface area contributed by atoms with Crippen molar-refractivity contribution < 1.29 is 4.79 Å². The van der Waals surface area contributed by atoms with Crippen LogP contribution < -0.4 is 27.7 Å². The molecule has 5 rings (SSSR count). The molecule has 0 spiro atoms. The van der Waals surface area contributed by atoms with Gasteiger partial charge in [0.05, 0.1) is 6.33 Å². The van der Waals surface area contributed by atoms with E-state index in [1.165, 1.54) is 29.9 Å². The summed E-state index contributed by atoms with van der Waals surface area (Å²) in [6.45, 7) is 0.727. The van der Waals surface area contributed by atoms with E-state index in [1.54, 1.807) is 36.6 Å². The SMILES string of the molecule is CSc1nc(N)c(C(N)=O)c(NCc2ccc(Cl)cc2Cl)n1.CSc1nc(NCc2ccc(Cl)cc2Cl)c2c(=O)[nH]cnc2n1. The number of thioether (sulfide) groups is 2. The molecule has 0 unspecified atom stereocenters. The van der Waals surface area contributed by atoms with Gasteiger partial charge in [-0.2, -0.15) is 0 Å². The van der Waals surface area contributed by atoms with E-state index >= 15 is 0 Å². The first-order valence-corrected chi connectivity index (χ1v) is 16.6. The van der Waals surface area contributed by atoms with E-state index in [0.717, 1.165) is 11.1 Å². The predicted molar refractivity (Wildman–Crippen MR) is 184 cm³/mol. The number of rotatable bonds is 9. The number of aromatic nitrogens is 6. The Kier molecular flexibility index (Phi) is 11.9. The lowest BCUT2D eigenvalue weighted by atomic mass is 10.2. The fourth-order valence-corrected chi connectivity index (χ4v) is 5.46. The van der Waals surface area contributed by atoms with Gasteiger partial charge in [-0.25, -0.2) is 24.9 Å². The number of halogens is 4. The number of primary amides is 1. The Morgan fingerprint density at radius 1 is 0.844 bits per heavy atom. The summed E-state index contributed by atoms with van der Waals surface area (Å²) in [5.74, 6) is 0.0292. The van der Waals surface area contributed by atoms with Crippen LogP contribution in [0.3, 0.4) is 0 Å². The largest absolute Gasteiger partial charge is 0.383 e. The van der Waals surface area contributed by atoms with Gasteiger partial charge in [0, 0.05) is 33.2 Å². The molecule has 12 nitrogen and oxygen atoms in total. The summed E-state index contributed by atoms with van der Waals surface area (Å²) >= 11 is 26.7. The summed E-state index contributed by atoms with van der Waals surface area (Å²) in [5.41, 5.74) is 12.8. The molecule has 45 heavy (non-hydrogen) atoms. The van der Waals surface area contributed by atoms with Gasteiger partial charge in [-0.05, 0) is 47.9 Å². The van der Waals surface area contributed by atoms with Gasteiger partial charge < -0.3 is 27.1 Å². The second-order valence-corrected chi connectivity index (χ2v) is 12.1. The van der Waals surface area contributed by atoms with Crippen molar-refractivity contribution >= 4 is 104 Å². The Morgan fingerprint density at radius 2 is 1.38 bits per heavy atom. The molecule has 5 aromatic rings. The first-order chi connectivity index (χ1) is 21.5. The van der Waals surface area contributed by atoms with Crippen LogP contribution in [-0.4, -0.2) is 48.3 Å². The minimum atomic E-state index is -0.699. The van der Waals surface area contributed by atoms with Gasteiger partial charge in [-0.3, -0.25) is 9.59 Å². The molecule has 0 bridgehead atoms. The monoisotopic (exact) mass is 724 g/mol. The summed E-state index contributed by atoms with van der Waals surface area (Å²) in [6, 6.07) is 10.4. The number of nitrogen functional groups attached to an aromatic ring is 1. The lowest BCUT2D eigenvalue weighted by Gasteiger charge is -2.12. The number of hydrogen-bond acceptors (Lipinski definition) is 12. The van der Waals surface area contributed by atoms with Gasteiger partial charge in [0.1, 0.15) is 28.4 Å². The van der Waals surface area contributed by atoms with Gasteiger partial charge in [-0.1, -0.05) is 82.1 Å². The molecule has 0 aliphatic carbocycles. The summed E-state index contributed by atoms with van der Waals surface area (Å²) in [7, 11) is 0. The van der Waals surface area contributed by atoms with E-state index in [1.807, 2.05) is 12.3 Å². The molecule has 1 amide bonds. The van der Waals surface area contributed by atoms with Crippen LogP contribution in [-0.2, 0) is 13.1 Å². The first kappa shape index (κ1) is 34.3. The molecule has 18 heteroatoms. The van der Waals surface area contributed by atoms with E-state index in [4.69, 9.17) is 57.9 Å². The van der Waals surface area contributed by atoms with Crippen molar-refractivity contribution in [2.45, 2.75) is 23.4 Å². The van der Waals surface area contributed by atoms with Gasteiger partial charge in [0.15, 0.2) is 16.0 Å². The lowest BCUT2D eigenvalue weighted by molar-refractivity contribution is 0.100. The maximum atomic E-state index is 12.1. The van der Waals surface area contributed by atoms with Crippen molar-refractivity contribution in [1.29, 1.82) is 0 Å². The number of carbonyl (C=O) groups is 1. The van der Waals surface area contributed by atoms with Crippen LogP contribution in [0.25, 0.3) is 11.0 Å². The Bertz CT molecular complexity index is 1930. The highest BCUT2D eigenvalue weighted by atomic mass is 35.5. The molecule has 0 atom stereocenters. The summed E-state index contributed by atoms with van der Waals surface area (Å²) in [6.07, 6.45) is 4.98. The van der Waals surface area contributed by atoms with Crippen LogP contribution in [0.15, 0.2) is 57.8 Å². The normalized spacial score (nSPS) is 10.7. The molecule has 7 N–H and O–H groups in total. The quantitative estimate of drug-likeness (QED) is 0.0862. The minimum Gasteiger partial charge on any atom is -0.383 e. The number of nitrogens with two attached hydrogens (primary N) is 2. The second kappa shape index (κ2) is 15.7. The molecule has 3 aromatic heterocycles. The zero-order valence-corrected chi connectivity index (χ0v) is 28.1. The predicted octanol–water partition coefficient (Wildman–Crippen LogP) is 6.15. The molecule has 3 heterocycles. The molecule has 0 radical (unpaired) electrons. The van der Waals surface area contributed by atoms with Crippen molar-refractivity contribution in [3.63, 3.8) is 0 Å². The Hall–Kier alpha value is -3.53. The molecule has 0 aliphatic heterocycles.